The van der Waals surface area contributed by atoms with Crippen molar-refractivity contribution in [3.05, 3.63) is 29.1 Å². The highest BCUT2D eigenvalue weighted by molar-refractivity contribution is 5.48. The van der Waals surface area contributed by atoms with Gasteiger partial charge in [-0.15, -0.1) is 0 Å². The third kappa shape index (κ3) is 4.83. The lowest BCUT2D eigenvalue weighted by Gasteiger charge is -2.10. The Bertz CT molecular complexity index is 386. The molecule has 0 bridgehead atoms. The van der Waals surface area contributed by atoms with Crippen LogP contribution < -0.4 is 4.74 Å². The van der Waals surface area contributed by atoms with Crippen molar-refractivity contribution in [2.24, 2.45) is 0 Å². The van der Waals surface area contributed by atoms with Gasteiger partial charge in [0.1, 0.15) is 24.2 Å². The third-order valence-electron chi connectivity index (χ3n) is 1.89. The van der Waals surface area contributed by atoms with Crippen molar-refractivity contribution in [2.45, 2.75) is 20.8 Å². The van der Waals surface area contributed by atoms with Gasteiger partial charge in [-0.3, -0.25) is 0 Å². The van der Waals surface area contributed by atoms with E-state index < -0.39 is 5.82 Å². The zero-order valence-corrected chi connectivity index (χ0v) is 10.7. The van der Waals surface area contributed by atoms with E-state index in [1.165, 1.54) is 6.07 Å². The molecule has 1 aromatic carbocycles. The van der Waals surface area contributed by atoms with Gasteiger partial charge in [0.05, 0.1) is 12.2 Å². The highest BCUT2D eigenvalue weighted by Gasteiger charge is 2.09. The van der Waals surface area contributed by atoms with Gasteiger partial charge < -0.3 is 9.47 Å². The summed E-state index contributed by atoms with van der Waals surface area (Å²) >= 11 is 0. The molecule has 0 radical (unpaired) electrons. The Morgan fingerprint density at radius 1 is 1.29 bits per heavy atom. The molecule has 0 N–H and O–H groups in total. The van der Waals surface area contributed by atoms with Crippen LogP contribution in [0.15, 0.2) is 12.1 Å². The molecule has 0 spiro atoms. The molecule has 0 aromatic heterocycles. The molecule has 1 aromatic rings. The summed E-state index contributed by atoms with van der Waals surface area (Å²) in [5.74, 6) is -0.000841. The van der Waals surface area contributed by atoms with Gasteiger partial charge in [-0.1, -0.05) is 13.8 Å². The van der Waals surface area contributed by atoms with Gasteiger partial charge in [-0.25, -0.2) is 4.39 Å². The van der Waals surface area contributed by atoms with Gasteiger partial charge in [0.2, 0.25) is 0 Å². The fourth-order valence-electron chi connectivity index (χ4n) is 1.23. The van der Waals surface area contributed by atoms with Gasteiger partial charge >= 0.3 is 0 Å². The molecule has 94 valence electrons. The summed E-state index contributed by atoms with van der Waals surface area (Å²) < 4.78 is 23.1. The fraction of sp³-hybridized carbons (Fsp3) is 0.462. The highest BCUT2D eigenvalue weighted by atomic mass is 19.1. The minimum absolute atomic E-state index is 0.212. The molecular weight excluding hydrogens is 221 g/mol. The number of halogens is 1. The lowest BCUT2D eigenvalue weighted by molar-refractivity contribution is 0.145. The SMILES string of the molecule is CC.COCCOc1c(C)cc(F)cc1C#N. The van der Waals surface area contributed by atoms with Crippen molar-refractivity contribution < 1.29 is 13.9 Å². The predicted molar refractivity (Wildman–Crippen MR) is 64.6 cm³/mol. The number of rotatable bonds is 4. The van der Waals surface area contributed by atoms with Crippen LogP contribution in [0.4, 0.5) is 4.39 Å². The zero-order chi connectivity index (χ0) is 13.3. The maximum Gasteiger partial charge on any atom is 0.140 e. The van der Waals surface area contributed by atoms with Crippen LogP contribution in [0.3, 0.4) is 0 Å². The molecule has 0 fully saturated rings. The van der Waals surface area contributed by atoms with Gasteiger partial charge in [0, 0.05) is 7.11 Å². The van der Waals surface area contributed by atoms with E-state index in [1.54, 1.807) is 14.0 Å². The predicted octanol–water partition coefficient (Wildman–Crippen LogP) is 3.06. The van der Waals surface area contributed by atoms with Crippen LogP contribution in [0, 0.1) is 24.1 Å². The number of benzene rings is 1. The zero-order valence-electron chi connectivity index (χ0n) is 10.7. The number of aryl methyl sites for hydroxylation is 1. The first-order valence-corrected chi connectivity index (χ1v) is 5.51. The monoisotopic (exact) mass is 239 g/mol. The summed E-state index contributed by atoms with van der Waals surface area (Å²) in [6.07, 6.45) is 0. The van der Waals surface area contributed by atoms with E-state index in [2.05, 4.69) is 0 Å². The first-order chi connectivity index (χ1) is 8.19. The average molecular weight is 239 g/mol. The Labute approximate surface area is 102 Å². The molecular formula is C13H18FNO2. The van der Waals surface area contributed by atoms with Gasteiger partial charge in [0.15, 0.2) is 0 Å². The smallest absolute Gasteiger partial charge is 0.140 e. The number of methoxy groups -OCH3 is 1. The Morgan fingerprint density at radius 2 is 1.94 bits per heavy atom. The number of hydrogen-bond acceptors (Lipinski definition) is 3. The van der Waals surface area contributed by atoms with Crippen LogP contribution in [-0.2, 0) is 4.74 Å². The third-order valence-corrected chi connectivity index (χ3v) is 1.89. The Hall–Kier alpha value is -1.60. The largest absolute Gasteiger partial charge is 0.490 e. The minimum atomic E-state index is -0.428. The first kappa shape index (κ1) is 15.4. The second-order valence-corrected chi connectivity index (χ2v) is 3.05. The molecule has 0 unspecified atom stereocenters. The molecule has 0 aliphatic heterocycles. The summed E-state index contributed by atoms with van der Waals surface area (Å²) in [5, 5.41) is 8.80. The molecule has 4 heteroatoms. The molecule has 0 amide bonds. The number of ether oxygens (including phenoxy) is 2. The normalized spacial score (nSPS) is 8.94. The molecule has 0 heterocycles. The number of nitrogens with zero attached hydrogens (tertiary/aromatic N) is 1. The number of nitriles is 1. The number of hydrogen-bond donors (Lipinski definition) is 0. The van der Waals surface area contributed by atoms with Crippen molar-refractivity contribution in [1.82, 2.24) is 0 Å². The second-order valence-electron chi connectivity index (χ2n) is 3.05. The summed E-state index contributed by atoms with van der Waals surface area (Å²) in [4.78, 5) is 0. The van der Waals surface area contributed by atoms with Crippen molar-refractivity contribution in [3.63, 3.8) is 0 Å². The van der Waals surface area contributed by atoms with Crippen LogP contribution in [0.25, 0.3) is 0 Å². The van der Waals surface area contributed by atoms with Crippen LogP contribution >= 0.6 is 0 Å². The Kier molecular flexibility index (Phi) is 7.74. The molecule has 1 rings (SSSR count). The summed E-state index contributed by atoms with van der Waals surface area (Å²) in [6, 6.07) is 4.40. The summed E-state index contributed by atoms with van der Waals surface area (Å²) in [6.45, 7) is 6.48. The standard InChI is InChI=1S/C11H12FNO2.C2H6/c1-8-5-10(12)6-9(7-13)11(8)15-4-3-14-2;1-2/h5-6H,3-4H2,1-2H3;1-2H3. The second kappa shape index (κ2) is 8.54. The van der Waals surface area contributed by atoms with E-state index in [4.69, 9.17) is 14.7 Å². The molecule has 0 saturated heterocycles. The lowest BCUT2D eigenvalue weighted by Crippen LogP contribution is -2.06. The first-order valence-electron chi connectivity index (χ1n) is 5.51. The van der Waals surface area contributed by atoms with E-state index in [9.17, 15) is 4.39 Å². The minimum Gasteiger partial charge on any atom is -0.490 e. The van der Waals surface area contributed by atoms with Gasteiger partial charge in [-0.2, -0.15) is 5.26 Å². The molecule has 17 heavy (non-hydrogen) atoms. The van der Waals surface area contributed by atoms with Crippen molar-refractivity contribution in [2.75, 3.05) is 20.3 Å². The van der Waals surface area contributed by atoms with Crippen molar-refractivity contribution in [1.29, 1.82) is 5.26 Å². The van der Waals surface area contributed by atoms with Crippen LogP contribution in [0.1, 0.15) is 25.0 Å². The Balaban J connectivity index is 0.00000121. The molecule has 0 saturated carbocycles. The average Bonchev–Trinajstić information content (AvgIpc) is 2.34. The summed E-state index contributed by atoms with van der Waals surface area (Å²) in [7, 11) is 1.56. The van der Waals surface area contributed by atoms with Gasteiger partial charge in [-0.05, 0) is 24.6 Å². The quantitative estimate of drug-likeness (QED) is 0.758. The molecule has 0 aliphatic carbocycles. The van der Waals surface area contributed by atoms with E-state index in [0.29, 0.717) is 24.5 Å². The van der Waals surface area contributed by atoms with Crippen LogP contribution in [0.5, 0.6) is 5.75 Å². The van der Waals surface area contributed by atoms with E-state index in [1.807, 2.05) is 19.9 Å². The van der Waals surface area contributed by atoms with E-state index in [-0.39, 0.29) is 5.56 Å². The Morgan fingerprint density at radius 3 is 2.47 bits per heavy atom. The fourth-order valence-corrected chi connectivity index (χ4v) is 1.23. The molecule has 0 aliphatic rings. The maximum atomic E-state index is 13.0. The lowest BCUT2D eigenvalue weighted by atomic mass is 10.1. The van der Waals surface area contributed by atoms with Crippen LogP contribution in [0.2, 0.25) is 0 Å². The van der Waals surface area contributed by atoms with Crippen molar-refractivity contribution in [3.8, 4) is 11.8 Å². The van der Waals surface area contributed by atoms with E-state index >= 15 is 0 Å². The maximum absolute atomic E-state index is 13.0. The highest BCUT2D eigenvalue weighted by Crippen LogP contribution is 2.24. The van der Waals surface area contributed by atoms with Gasteiger partial charge in [0.25, 0.3) is 0 Å². The molecule has 0 atom stereocenters. The van der Waals surface area contributed by atoms with Crippen LogP contribution in [-0.4, -0.2) is 20.3 Å². The summed E-state index contributed by atoms with van der Waals surface area (Å²) in [5.41, 5.74) is 0.825. The topological polar surface area (TPSA) is 42.2 Å². The molecule has 3 nitrogen and oxygen atoms in total. The van der Waals surface area contributed by atoms with E-state index in [0.717, 1.165) is 6.07 Å². The van der Waals surface area contributed by atoms with Crippen molar-refractivity contribution >= 4 is 0 Å².